The van der Waals surface area contributed by atoms with Crippen LogP contribution in [-0.4, -0.2) is 17.4 Å². The van der Waals surface area contributed by atoms with E-state index in [1.54, 1.807) is 17.0 Å². The minimum absolute atomic E-state index is 0.00521. The van der Waals surface area contributed by atoms with Gasteiger partial charge in [-0.05, 0) is 42.7 Å². The molecule has 2 aromatic carbocycles. The Morgan fingerprint density at radius 3 is 2.57 bits per heavy atom. The van der Waals surface area contributed by atoms with Crippen LogP contribution in [0.3, 0.4) is 0 Å². The molecule has 1 amide bonds. The van der Waals surface area contributed by atoms with Gasteiger partial charge in [0.15, 0.2) is 0 Å². The van der Waals surface area contributed by atoms with Gasteiger partial charge in [-0.2, -0.15) is 0 Å². The van der Waals surface area contributed by atoms with Crippen molar-refractivity contribution >= 4 is 17.5 Å². The Hall–Kier alpha value is -1.87. The Morgan fingerprint density at radius 2 is 1.86 bits per heavy atom. The molecule has 1 unspecified atom stereocenters. The zero-order chi connectivity index (χ0) is 14.8. The predicted molar refractivity (Wildman–Crippen MR) is 80.9 cm³/mol. The van der Waals surface area contributed by atoms with Crippen LogP contribution in [0, 0.1) is 5.82 Å². The summed E-state index contributed by atoms with van der Waals surface area (Å²) in [7, 11) is 0. The van der Waals surface area contributed by atoms with Gasteiger partial charge < -0.3 is 4.90 Å². The van der Waals surface area contributed by atoms with Gasteiger partial charge in [-0.25, -0.2) is 4.39 Å². The minimum atomic E-state index is -0.468. The lowest BCUT2D eigenvalue weighted by Gasteiger charge is -2.25. The molecule has 1 heterocycles. The van der Waals surface area contributed by atoms with Crippen molar-refractivity contribution in [1.82, 2.24) is 4.90 Å². The van der Waals surface area contributed by atoms with Crippen LogP contribution in [0.2, 0.25) is 5.02 Å². The standard InChI is InChI=1S/C17H15ClFNO/c18-13-9-7-12(8-10-13)16-6-3-11-20(16)17(21)14-4-1-2-5-15(14)19/h1-2,4-5,7-10,16H,3,6,11H2. The van der Waals surface area contributed by atoms with Gasteiger partial charge in [0.1, 0.15) is 5.82 Å². The number of carbonyl (C=O) groups is 1. The Kier molecular flexibility index (Phi) is 3.93. The van der Waals surface area contributed by atoms with Crippen molar-refractivity contribution in [1.29, 1.82) is 0 Å². The van der Waals surface area contributed by atoms with Gasteiger partial charge in [-0.3, -0.25) is 4.79 Å². The number of hydrogen-bond donors (Lipinski definition) is 0. The molecule has 4 heteroatoms. The summed E-state index contributed by atoms with van der Waals surface area (Å²) in [6, 6.07) is 13.6. The second-order valence-corrected chi connectivity index (χ2v) is 5.62. The van der Waals surface area contributed by atoms with E-state index in [4.69, 9.17) is 11.6 Å². The van der Waals surface area contributed by atoms with Crippen LogP contribution in [0.5, 0.6) is 0 Å². The lowest BCUT2D eigenvalue weighted by atomic mass is 10.0. The number of halogens is 2. The zero-order valence-electron chi connectivity index (χ0n) is 11.4. The van der Waals surface area contributed by atoms with E-state index in [0.29, 0.717) is 11.6 Å². The SMILES string of the molecule is O=C(c1ccccc1F)N1CCCC1c1ccc(Cl)cc1. The Balaban J connectivity index is 1.89. The van der Waals surface area contributed by atoms with Gasteiger partial charge in [-0.15, -0.1) is 0 Å². The monoisotopic (exact) mass is 303 g/mol. The molecule has 0 aliphatic carbocycles. The topological polar surface area (TPSA) is 20.3 Å². The molecule has 21 heavy (non-hydrogen) atoms. The van der Waals surface area contributed by atoms with Crippen LogP contribution in [0.15, 0.2) is 48.5 Å². The molecule has 1 aliphatic rings. The minimum Gasteiger partial charge on any atom is -0.332 e. The quantitative estimate of drug-likeness (QED) is 0.802. The molecule has 0 aromatic heterocycles. The average Bonchev–Trinajstić information content (AvgIpc) is 2.97. The molecule has 0 bridgehead atoms. The van der Waals surface area contributed by atoms with E-state index in [2.05, 4.69) is 0 Å². The summed E-state index contributed by atoms with van der Waals surface area (Å²) in [6.07, 6.45) is 1.81. The van der Waals surface area contributed by atoms with E-state index in [1.807, 2.05) is 24.3 Å². The van der Waals surface area contributed by atoms with Crippen LogP contribution in [0.4, 0.5) is 4.39 Å². The van der Waals surface area contributed by atoms with Crippen LogP contribution in [-0.2, 0) is 0 Å². The molecule has 1 saturated heterocycles. The maximum atomic E-state index is 13.8. The van der Waals surface area contributed by atoms with E-state index < -0.39 is 5.82 Å². The highest BCUT2D eigenvalue weighted by Crippen LogP contribution is 2.33. The largest absolute Gasteiger partial charge is 0.332 e. The first-order valence-electron chi connectivity index (χ1n) is 6.98. The summed E-state index contributed by atoms with van der Waals surface area (Å²) >= 11 is 5.90. The summed E-state index contributed by atoms with van der Waals surface area (Å²) in [5, 5.41) is 0.670. The predicted octanol–water partition coefficient (Wildman–Crippen LogP) is 4.46. The number of nitrogens with zero attached hydrogens (tertiary/aromatic N) is 1. The summed E-state index contributed by atoms with van der Waals surface area (Å²) in [4.78, 5) is 14.3. The molecule has 0 radical (unpaired) electrons. The highest BCUT2D eigenvalue weighted by Gasteiger charge is 2.31. The van der Waals surface area contributed by atoms with E-state index >= 15 is 0 Å². The summed E-state index contributed by atoms with van der Waals surface area (Å²) in [5.74, 6) is -0.713. The zero-order valence-corrected chi connectivity index (χ0v) is 12.2. The number of amides is 1. The van der Waals surface area contributed by atoms with Gasteiger partial charge in [0.25, 0.3) is 5.91 Å². The van der Waals surface area contributed by atoms with E-state index in [0.717, 1.165) is 18.4 Å². The molecule has 1 atom stereocenters. The third kappa shape index (κ3) is 2.79. The molecule has 0 saturated carbocycles. The van der Waals surface area contributed by atoms with Crippen molar-refractivity contribution in [2.24, 2.45) is 0 Å². The molecule has 3 rings (SSSR count). The third-order valence-corrected chi connectivity index (χ3v) is 4.12. The first-order valence-corrected chi connectivity index (χ1v) is 7.35. The lowest BCUT2D eigenvalue weighted by Crippen LogP contribution is -2.31. The summed E-state index contributed by atoms with van der Waals surface area (Å²) in [5.41, 5.74) is 1.18. The van der Waals surface area contributed by atoms with Crippen molar-refractivity contribution in [3.63, 3.8) is 0 Å². The molecule has 0 N–H and O–H groups in total. The second-order valence-electron chi connectivity index (χ2n) is 5.19. The molecule has 108 valence electrons. The fourth-order valence-electron chi connectivity index (χ4n) is 2.83. The van der Waals surface area contributed by atoms with Gasteiger partial charge in [0.2, 0.25) is 0 Å². The van der Waals surface area contributed by atoms with Gasteiger partial charge in [-0.1, -0.05) is 35.9 Å². The molecular formula is C17H15ClFNO. The van der Waals surface area contributed by atoms with Crippen LogP contribution in [0.1, 0.15) is 34.8 Å². The van der Waals surface area contributed by atoms with Gasteiger partial charge >= 0.3 is 0 Å². The number of likely N-dealkylation sites (tertiary alicyclic amines) is 1. The molecule has 1 fully saturated rings. The summed E-state index contributed by atoms with van der Waals surface area (Å²) < 4.78 is 13.8. The molecule has 1 aliphatic heterocycles. The number of rotatable bonds is 2. The van der Waals surface area contributed by atoms with Crippen LogP contribution >= 0.6 is 11.6 Å². The molecule has 2 aromatic rings. The second kappa shape index (κ2) is 5.86. The van der Waals surface area contributed by atoms with Crippen LogP contribution in [0.25, 0.3) is 0 Å². The highest BCUT2D eigenvalue weighted by molar-refractivity contribution is 6.30. The van der Waals surface area contributed by atoms with Gasteiger partial charge in [0, 0.05) is 11.6 Å². The highest BCUT2D eigenvalue weighted by atomic mass is 35.5. The fraction of sp³-hybridized carbons (Fsp3) is 0.235. The number of benzene rings is 2. The van der Waals surface area contributed by atoms with E-state index in [1.165, 1.54) is 12.1 Å². The molecule has 2 nitrogen and oxygen atoms in total. The van der Waals surface area contributed by atoms with Crippen molar-refractivity contribution in [3.8, 4) is 0 Å². The Labute approximate surface area is 128 Å². The third-order valence-electron chi connectivity index (χ3n) is 3.87. The van der Waals surface area contributed by atoms with Crippen molar-refractivity contribution in [2.45, 2.75) is 18.9 Å². The lowest BCUT2D eigenvalue weighted by molar-refractivity contribution is 0.0731. The maximum absolute atomic E-state index is 13.8. The first kappa shape index (κ1) is 14.1. The Morgan fingerprint density at radius 1 is 1.14 bits per heavy atom. The fourth-order valence-corrected chi connectivity index (χ4v) is 2.96. The normalized spacial score (nSPS) is 18.0. The molecular weight excluding hydrogens is 289 g/mol. The Bertz CT molecular complexity index is 656. The maximum Gasteiger partial charge on any atom is 0.257 e. The van der Waals surface area contributed by atoms with Crippen LogP contribution < -0.4 is 0 Å². The van der Waals surface area contributed by atoms with Crippen molar-refractivity contribution < 1.29 is 9.18 Å². The summed E-state index contributed by atoms with van der Waals surface area (Å²) in [6.45, 7) is 0.653. The number of carbonyl (C=O) groups excluding carboxylic acids is 1. The van der Waals surface area contributed by atoms with Crippen molar-refractivity contribution in [3.05, 3.63) is 70.5 Å². The average molecular weight is 304 g/mol. The smallest absolute Gasteiger partial charge is 0.257 e. The number of hydrogen-bond acceptors (Lipinski definition) is 1. The first-order chi connectivity index (χ1) is 10.2. The molecule has 0 spiro atoms. The van der Waals surface area contributed by atoms with E-state index in [9.17, 15) is 9.18 Å². The van der Waals surface area contributed by atoms with Gasteiger partial charge in [0.05, 0.1) is 11.6 Å². The van der Waals surface area contributed by atoms with E-state index in [-0.39, 0.29) is 17.5 Å². The van der Waals surface area contributed by atoms with Crippen molar-refractivity contribution in [2.75, 3.05) is 6.54 Å².